The molecule has 58 valence electrons. The lowest BCUT2D eigenvalue weighted by Crippen LogP contribution is -1.70. The summed E-state index contributed by atoms with van der Waals surface area (Å²) >= 11 is 0. The van der Waals surface area contributed by atoms with Gasteiger partial charge in [-0.05, 0) is 17.7 Å². The number of hydrogen-bond donors (Lipinski definition) is 1. The summed E-state index contributed by atoms with van der Waals surface area (Å²) in [6, 6.07) is 5.68. The van der Waals surface area contributed by atoms with E-state index in [1.807, 2.05) is 0 Å². The smallest absolute Gasteiger partial charge is 0.270 e. The predicted molar refractivity (Wildman–Crippen MR) is 38.3 cm³/mol. The molecule has 0 saturated carbocycles. The van der Waals surface area contributed by atoms with Crippen LogP contribution in [0, 0.1) is 0 Å². The monoisotopic (exact) mass is 156 g/mol. The third kappa shape index (κ3) is 2.37. The van der Waals surface area contributed by atoms with Crippen molar-refractivity contribution in [1.29, 1.82) is 0 Å². The summed E-state index contributed by atoms with van der Waals surface area (Å²) in [5.41, 5.74) is 0.296. The average molecular weight is 156 g/mol. The maximum Gasteiger partial charge on any atom is 0.270 e. The number of phenols is 1. The second kappa shape index (κ2) is 3.14. The first-order chi connectivity index (χ1) is 5.18. The normalized spacial score (nSPS) is 9.27. The molecule has 0 fully saturated rings. The van der Waals surface area contributed by atoms with E-state index >= 15 is 0 Å². The van der Waals surface area contributed by atoms with Crippen molar-refractivity contribution >= 4 is 6.08 Å². The molecule has 0 saturated heterocycles. The Morgan fingerprint density at radius 1 is 1.36 bits per heavy atom. The van der Waals surface area contributed by atoms with Crippen molar-refractivity contribution in [2.24, 2.45) is 0 Å². The molecule has 0 spiro atoms. The first-order valence-electron chi connectivity index (χ1n) is 3.00. The van der Waals surface area contributed by atoms with Crippen molar-refractivity contribution < 1.29 is 13.9 Å². The van der Waals surface area contributed by atoms with Crippen molar-refractivity contribution in [3.05, 3.63) is 35.9 Å². The fraction of sp³-hybridized carbons (Fsp3) is 0. The molecular formula is C8H6F2O. The molecule has 1 aromatic rings. The highest BCUT2D eigenvalue weighted by Crippen LogP contribution is 2.14. The predicted octanol–water partition coefficient (Wildman–Crippen LogP) is 2.63. The molecule has 0 atom stereocenters. The van der Waals surface area contributed by atoms with Gasteiger partial charge in [0.2, 0.25) is 0 Å². The van der Waals surface area contributed by atoms with Crippen LogP contribution in [-0.2, 0) is 0 Å². The minimum atomic E-state index is -1.77. The number of halogens is 2. The highest BCUT2D eigenvalue weighted by Gasteiger charge is 1.92. The number of rotatable bonds is 1. The zero-order valence-electron chi connectivity index (χ0n) is 5.59. The SMILES string of the molecule is Oc1cccc(C=C(F)F)c1. The third-order valence-electron chi connectivity index (χ3n) is 1.15. The first kappa shape index (κ1) is 7.72. The Morgan fingerprint density at radius 3 is 2.64 bits per heavy atom. The summed E-state index contributed by atoms with van der Waals surface area (Å²) in [5, 5.41) is 8.85. The molecule has 0 unspecified atom stereocenters. The molecule has 0 bridgehead atoms. The number of hydrogen-bond acceptors (Lipinski definition) is 1. The number of benzene rings is 1. The summed E-state index contributed by atoms with van der Waals surface area (Å²) in [4.78, 5) is 0. The second-order valence-corrected chi connectivity index (χ2v) is 2.03. The molecule has 1 aromatic carbocycles. The molecule has 1 nitrogen and oxygen atoms in total. The molecule has 11 heavy (non-hydrogen) atoms. The van der Waals surface area contributed by atoms with E-state index in [1.165, 1.54) is 24.3 Å². The largest absolute Gasteiger partial charge is 0.508 e. The van der Waals surface area contributed by atoms with E-state index in [4.69, 9.17) is 5.11 Å². The van der Waals surface area contributed by atoms with Crippen LogP contribution in [0.3, 0.4) is 0 Å². The number of aromatic hydroxyl groups is 1. The van der Waals surface area contributed by atoms with Crippen LogP contribution in [0.4, 0.5) is 8.78 Å². The number of phenolic OH excluding ortho intramolecular Hbond substituents is 1. The van der Waals surface area contributed by atoms with Gasteiger partial charge in [0.15, 0.2) is 0 Å². The van der Waals surface area contributed by atoms with E-state index in [2.05, 4.69) is 0 Å². The summed E-state index contributed by atoms with van der Waals surface area (Å²) in [7, 11) is 0. The standard InChI is InChI=1S/C8H6F2O/c9-8(10)5-6-2-1-3-7(11)4-6/h1-5,11H. The highest BCUT2D eigenvalue weighted by atomic mass is 19.3. The summed E-state index contributed by atoms with van der Waals surface area (Å²) in [6.45, 7) is 0. The zero-order valence-corrected chi connectivity index (χ0v) is 5.59. The average Bonchev–Trinajstić information content (AvgIpc) is 1.85. The maximum atomic E-state index is 11.6. The molecule has 0 aliphatic rings. The van der Waals surface area contributed by atoms with Crippen LogP contribution in [0.2, 0.25) is 0 Å². The third-order valence-corrected chi connectivity index (χ3v) is 1.15. The van der Waals surface area contributed by atoms with E-state index in [0.29, 0.717) is 11.6 Å². The molecule has 0 radical (unpaired) electrons. The molecule has 1 N–H and O–H groups in total. The Labute approximate surface area is 62.6 Å². The van der Waals surface area contributed by atoms with Crippen molar-refractivity contribution in [1.82, 2.24) is 0 Å². The van der Waals surface area contributed by atoms with Gasteiger partial charge in [-0.2, -0.15) is 8.78 Å². The van der Waals surface area contributed by atoms with Crippen LogP contribution < -0.4 is 0 Å². The van der Waals surface area contributed by atoms with Crippen LogP contribution in [0.1, 0.15) is 5.56 Å². The van der Waals surface area contributed by atoms with Gasteiger partial charge in [-0.3, -0.25) is 0 Å². The Morgan fingerprint density at radius 2 is 2.09 bits per heavy atom. The van der Waals surface area contributed by atoms with Crippen molar-refractivity contribution in [3.63, 3.8) is 0 Å². The van der Waals surface area contributed by atoms with Gasteiger partial charge >= 0.3 is 0 Å². The minimum Gasteiger partial charge on any atom is -0.508 e. The fourth-order valence-corrected chi connectivity index (χ4v) is 0.741. The van der Waals surface area contributed by atoms with E-state index in [1.54, 1.807) is 0 Å². The lowest BCUT2D eigenvalue weighted by Gasteiger charge is -1.92. The quantitative estimate of drug-likeness (QED) is 0.662. The Balaban J connectivity index is 2.97. The van der Waals surface area contributed by atoms with Crippen LogP contribution in [-0.4, -0.2) is 5.11 Å². The van der Waals surface area contributed by atoms with Crippen LogP contribution in [0.5, 0.6) is 5.75 Å². The fourth-order valence-electron chi connectivity index (χ4n) is 0.741. The van der Waals surface area contributed by atoms with Crippen molar-refractivity contribution in [2.75, 3.05) is 0 Å². The summed E-state index contributed by atoms with van der Waals surface area (Å²) in [6.07, 6.45) is -1.07. The van der Waals surface area contributed by atoms with Gasteiger partial charge in [0.25, 0.3) is 6.08 Å². The van der Waals surface area contributed by atoms with E-state index < -0.39 is 6.08 Å². The lowest BCUT2D eigenvalue weighted by atomic mass is 10.2. The van der Waals surface area contributed by atoms with Crippen molar-refractivity contribution in [3.8, 4) is 5.75 Å². The van der Waals surface area contributed by atoms with Crippen LogP contribution in [0.15, 0.2) is 30.3 Å². The molecule has 3 heteroatoms. The molecule has 0 amide bonds. The molecule has 0 heterocycles. The van der Waals surface area contributed by atoms with Crippen LogP contribution >= 0.6 is 0 Å². The van der Waals surface area contributed by atoms with Gasteiger partial charge in [0, 0.05) is 6.08 Å². The molecule has 1 rings (SSSR count). The van der Waals surface area contributed by atoms with E-state index in [-0.39, 0.29) is 5.75 Å². The van der Waals surface area contributed by atoms with Gasteiger partial charge in [0.1, 0.15) is 5.75 Å². The van der Waals surface area contributed by atoms with Gasteiger partial charge in [-0.15, -0.1) is 0 Å². The lowest BCUT2D eigenvalue weighted by molar-refractivity contribution is 0.429. The molecule has 0 aliphatic carbocycles. The maximum absolute atomic E-state index is 11.6. The van der Waals surface area contributed by atoms with Gasteiger partial charge < -0.3 is 5.11 Å². The minimum absolute atomic E-state index is 0.0139. The topological polar surface area (TPSA) is 20.2 Å². The van der Waals surface area contributed by atoms with Crippen LogP contribution in [0.25, 0.3) is 6.08 Å². The highest BCUT2D eigenvalue weighted by molar-refractivity contribution is 5.51. The Kier molecular flexibility index (Phi) is 2.21. The van der Waals surface area contributed by atoms with Gasteiger partial charge in [0.05, 0.1) is 0 Å². The zero-order chi connectivity index (χ0) is 8.27. The Hall–Kier alpha value is -1.38. The molecule has 0 aliphatic heterocycles. The second-order valence-electron chi connectivity index (χ2n) is 2.03. The van der Waals surface area contributed by atoms with E-state index in [9.17, 15) is 8.78 Å². The molecular weight excluding hydrogens is 150 g/mol. The molecule has 0 aromatic heterocycles. The Bertz CT molecular complexity index is 277. The van der Waals surface area contributed by atoms with E-state index in [0.717, 1.165) is 0 Å². The van der Waals surface area contributed by atoms with Crippen molar-refractivity contribution in [2.45, 2.75) is 0 Å². The summed E-state index contributed by atoms with van der Waals surface area (Å²) < 4.78 is 23.3. The van der Waals surface area contributed by atoms with Gasteiger partial charge in [-0.1, -0.05) is 12.1 Å². The van der Waals surface area contributed by atoms with Gasteiger partial charge in [-0.25, -0.2) is 0 Å². The summed E-state index contributed by atoms with van der Waals surface area (Å²) in [5.74, 6) is -0.0139. The first-order valence-corrected chi connectivity index (χ1v) is 3.00.